The van der Waals surface area contributed by atoms with Gasteiger partial charge in [-0.3, -0.25) is 0 Å². The van der Waals surface area contributed by atoms with Crippen molar-refractivity contribution in [2.24, 2.45) is 11.7 Å². The lowest BCUT2D eigenvalue weighted by molar-refractivity contribution is 0.0603. The largest absolute Gasteiger partial charge is 0.496 e. The highest BCUT2D eigenvalue weighted by atomic mass is 35.5. The number of rotatable bonds is 5. The Morgan fingerprint density at radius 3 is 2.05 bits per heavy atom. The second-order valence-corrected chi connectivity index (χ2v) is 6.00. The van der Waals surface area contributed by atoms with E-state index in [4.69, 9.17) is 15.2 Å². The maximum absolute atomic E-state index is 10.7. The molecule has 4 nitrogen and oxygen atoms in total. The van der Waals surface area contributed by atoms with E-state index >= 15 is 0 Å². The van der Waals surface area contributed by atoms with Crippen LogP contribution in [-0.2, 0) is 0 Å². The molecule has 1 aliphatic carbocycles. The summed E-state index contributed by atoms with van der Waals surface area (Å²) in [5.41, 5.74) is 8.18. The van der Waals surface area contributed by atoms with Crippen molar-refractivity contribution in [3.8, 4) is 11.5 Å². The minimum atomic E-state index is -0.559. The molecule has 1 aromatic rings. The van der Waals surface area contributed by atoms with Gasteiger partial charge in [-0.15, -0.1) is 12.4 Å². The van der Waals surface area contributed by atoms with Gasteiger partial charge in [0.25, 0.3) is 0 Å². The Bertz CT molecular complexity index is 450. The first-order chi connectivity index (χ1) is 10.1. The molecule has 5 heteroatoms. The number of aliphatic hydroxyl groups is 1. The molecule has 0 unspecified atom stereocenters. The predicted molar refractivity (Wildman–Crippen MR) is 91.0 cm³/mol. The summed E-state index contributed by atoms with van der Waals surface area (Å²) in [6.07, 6.45) is 5.15. The number of ether oxygens (including phenoxy) is 2. The molecule has 126 valence electrons. The van der Waals surface area contributed by atoms with E-state index in [0.29, 0.717) is 11.5 Å². The zero-order chi connectivity index (χ0) is 15.4. The SMILES string of the molecule is COc1cc(C)cc(OC)c1[C@@H](N)[C@@H](O)C1CCCCC1.Cl. The molecule has 1 aromatic carbocycles. The van der Waals surface area contributed by atoms with Crippen LogP contribution in [0.5, 0.6) is 11.5 Å². The topological polar surface area (TPSA) is 64.7 Å². The Labute approximate surface area is 139 Å². The predicted octanol–water partition coefficient (Wildman–Crippen LogP) is 3.38. The third kappa shape index (κ3) is 4.06. The average molecular weight is 330 g/mol. The van der Waals surface area contributed by atoms with Crippen LogP contribution in [0, 0.1) is 12.8 Å². The molecule has 1 aliphatic rings. The van der Waals surface area contributed by atoms with Crippen molar-refractivity contribution in [2.75, 3.05) is 14.2 Å². The van der Waals surface area contributed by atoms with Crippen LogP contribution >= 0.6 is 12.4 Å². The lowest BCUT2D eigenvalue weighted by Gasteiger charge is -2.31. The first-order valence-electron chi connectivity index (χ1n) is 7.74. The van der Waals surface area contributed by atoms with Crippen molar-refractivity contribution in [1.29, 1.82) is 0 Å². The second kappa shape index (κ2) is 8.61. The number of benzene rings is 1. The fourth-order valence-corrected chi connectivity index (χ4v) is 3.34. The fourth-order valence-electron chi connectivity index (χ4n) is 3.34. The summed E-state index contributed by atoms with van der Waals surface area (Å²) in [7, 11) is 3.24. The van der Waals surface area contributed by atoms with Gasteiger partial charge in [-0.2, -0.15) is 0 Å². The summed E-state index contributed by atoms with van der Waals surface area (Å²) in [4.78, 5) is 0. The third-order valence-electron chi connectivity index (χ3n) is 4.52. The fraction of sp³-hybridized carbons (Fsp3) is 0.647. The molecule has 0 heterocycles. The van der Waals surface area contributed by atoms with E-state index in [0.717, 1.165) is 24.0 Å². The van der Waals surface area contributed by atoms with Crippen molar-refractivity contribution in [1.82, 2.24) is 0 Å². The first-order valence-corrected chi connectivity index (χ1v) is 7.74. The van der Waals surface area contributed by atoms with E-state index in [2.05, 4.69) is 0 Å². The van der Waals surface area contributed by atoms with E-state index in [1.165, 1.54) is 19.3 Å². The Morgan fingerprint density at radius 1 is 1.09 bits per heavy atom. The summed E-state index contributed by atoms with van der Waals surface area (Å²) in [5, 5.41) is 10.7. The van der Waals surface area contributed by atoms with Crippen LogP contribution in [0.15, 0.2) is 12.1 Å². The molecule has 0 aliphatic heterocycles. The van der Waals surface area contributed by atoms with Crippen LogP contribution in [0.3, 0.4) is 0 Å². The summed E-state index contributed by atoms with van der Waals surface area (Å²) in [6.45, 7) is 1.98. The minimum Gasteiger partial charge on any atom is -0.496 e. The van der Waals surface area contributed by atoms with Gasteiger partial charge < -0.3 is 20.3 Å². The lowest BCUT2D eigenvalue weighted by Crippen LogP contribution is -2.34. The third-order valence-corrected chi connectivity index (χ3v) is 4.52. The molecule has 0 spiro atoms. The molecular weight excluding hydrogens is 302 g/mol. The number of nitrogens with two attached hydrogens (primary N) is 1. The lowest BCUT2D eigenvalue weighted by atomic mass is 9.81. The van der Waals surface area contributed by atoms with E-state index in [9.17, 15) is 5.11 Å². The first kappa shape index (κ1) is 19.1. The summed E-state index contributed by atoms with van der Waals surface area (Å²) >= 11 is 0. The van der Waals surface area contributed by atoms with Gasteiger partial charge in [-0.05, 0) is 43.4 Å². The van der Waals surface area contributed by atoms with Crippen LogP contribution in [-0.4, -0.2) is 25.4 Å². The maximum Gasteiger partial charge on any atom is 0.127 e. The van der Waals surface area contributed by atoms with Crippen molar-refractivity contribution in [2.45, 2.75) is 51.2 Å². The van der Waals surface area contributed by atoms with Gasteiger partial charge in [0.05, 0.1) is 31.9 Å². The molecular formula is C17H28ClNO3. The average Bonchev–Trinajstić information content (AvgIpc) is 2.53. The van der Waals surface area contributed by atoms with Crippen molar-refractivity contribution >= 4 is 12.4 Å². The van der Waals surface area contributed by atoms with Crippen molar-refractivity contribution < 1.29 is 14.6 Å². The smallest absolute Gasteiger partial charge is 0.127 e. The van der Waals surface area contributed by atoms with Gasteiger partial charge in [0, 0.05) is 0 Å². The Kier molecular flexibility index (Phi) is 7.46. The summed E-state index contributed by atoms with van der Waals surface area (Å²) in [6, 6.07) is 3.38. The zero-order valence-electron chi connectivity index (χ0n) is 13.7. The molecule has 22 heavy (non-hydrogen) atoms. The van der Waals surface area contributed by atoms with E-state index in [1.54, 1.807) is 14.2 Å². The van der Waals surface area contributed by atoms with Gasteiger partial charge in [0.2, 0.25) is 0 Å². The normalized spacial score (nSPS) is 18.2. The standard InChI is InChI=1S/C17H27NO3.ClH/c1-11-9-13(20-2)15(14(10-11)21-3)16(18)17(19)12-7-5-4-6-8-12;/h9-10,12,16-17,19H,4-8,18H2,1-3H3;1H/t16-,17+;/m1./s1. The van der Waals surface area contributed by atoms with Crippen LogP contribution in [0.4, 0.5) is 0 Å². The Morgan fingerprint density at radius 2 is 1.59 bits per heavy atom. The number of methoxy groups -OCH3 is 2. The summed E-state index contributed by atoms with van der Waals surface area (Å²) in [5.74, 6) is 1.65. The van der Waals surface area contributed by atoms with Crippen LogP contribution in [0.2, 0.25) is 0 Å². The van der Waals surface area contributed by atoms with Crippen LogP contribution in [0.1, 0.15) is 49.3 Å². The van der Waals surface area contributed by atoms with Crippen LogP contribution in [0.25, 0.3) is 0 Å². The number of hydrogen-bond acceptors (Lipinski definition) is 4. The highest BCUT2D eigenvalue weighted by Gasteiger charge is 2.31. The Hall–Kier alpha value is -0.970. The molecule has 2 rings (SSSR count). The van der Waals surface area contributed by atoms with E-state index < -0.39 is 12.1 Å². The van der Waals surface area contributed by atoms with Gasteiger partial charge in [-0.25, -0.2) is 0 Å². The molecule has 0 amide bonds. The number of halogens is 1. The minimum absolute atomic E-state index is 0. The molecule has 0 bridgehead atoms. The van der Waals surface area contributed by atoms with E-state index in [-0.39, 0.29) is 18.3 Å². The van der Waals surface area contributed by atoms with E-state index in [1.807, 2.05) is 19.1 Å². The zero-order valence-corrected chi connectivity index (χ0v) is 14.5. The molecule has 3 N–H and O–H groups in total. The molecule has 1 saturated carbocycles. The number of aryl methyl sites for hydroxylation is 1. The Balaban J connectivity index is 0.00000242. The van der Waals surface area contributed by atoms with Crippen molar-refractivity contribution in [3.05, 3.63) is 23.3 Å². The van der Waals surface area contributed by atoms with Crippen LogP contribution < -0.4 is 15.2 Å². The number of aliphatic hydroxyl groups excluding tert-OH is 1. The summed E-state index contributed by atoms with van der Waals surface area (Å²) < 4.78 is 10.9. The van der Waals surface area contributed by atoms with Gasteiger partial charge in [0.1, 0.15) is 11.5 Å². The van der Waals surface area contributed by atoms with Gasteiger partial charge in [-0.1, -0.05) is 19.3 Å². The highest BCUT2D eigenvalue weighted by molar-refractivity contribution is 5.85. The molecule has 0 saturated heterocycles. The highest BCUT2D eigenvalue weighted by Crippen LogP contribution is 2.39. The van der Waals surface area contributed by atoms with Gasteiger partial charge >= 0.3 is 0 Å². The second-order valence-electron chi connectivity index (χ2n) is 6.00. The molecule has 2 atom stereocenters. The molecule has 0 aromatic heterocycles. The molecule has 1 fully saturated rings. The van der Waals surface area contributed by atoms with Crippen molar-refractivity contribution in [3.63, 3.8) is 0 Å². The molecule has 0 radical (unpaired) electrons. The quantitative estimate of drug-likeness (QED) is 0.869. The number of hydrogen-bond donors (Lipinski definition) is 2. The monoisotopic (exact) mass is 329 g/mol. The maximum atomic E-state index is 10.7. The van der Waals surface area contributed by atoms with Gasteiger partial charge in [0.15, 0.2) is 0 Å².